The van der Waals surface area contributed by atoms with E-state index in [-0.39, 0.29) is 12.5 Å². The van der Waals surface area contributed by atoms with Crippen LogP contribution in [0.15, 0.2) is 0 Å². The molecule has 2 heteroatoms. The van der Waals surface area contributed by atoms with E-state index in [9.17, 15) is 5.11 Å². The van der Waals surface area contributed by atoms with Crippen LogP contribution >= 0.6 is 15.9 Å². The van der Waals surface area contributed by atoms with Crippen LogP contribution < -0.4 is 0 Å². The van der Waals surface area contributed by atoms with Gasteiger partial charge in [0.15, 0.2) is 0 Å². The van der Waals surface area contributed by atoms with Gasteiger partial charge in [-0.15, -0.1) is 0 Å². The minimum Gasteiger partial charge on any atom is -0.236 e. The molecule has 0 fully saturated rings. The van der Waals surface area contributed by atoms with Crippen LogP contribution in [0.2, 0.25) is 0 Å². The minimum absolute atomic E-state index is 0.0203. The van der Waals surface area contributed by atoms with Crippen LogP contribution in [-0.4, -0.2) is 11.4 Å². The fraction of sp³-hybridized carbons (Fsp3) is 1.00. The second-order valence-electron chi connectivity index (χ2n) is 1.82. The van der Waals surface area contributed by atoms with Crippen molar-refractivity contribution < 1.29 is 5.11 Å². The Balaban J connectivity index is 3.14. The molecular formula is C5H10BrO. The molecule has 0 saturated carbocycles. The van der Waals surface area contributed by atoms with Crippen molar-refractivity contribution in [1.29, 1.82) is 0 Å². The normalized spacial score (nSPS) is 18.9. The van der Waals surface area contributed by atoms with Gasteiger partial charge < -0.3 is 0 Å². The zero-order valence-electron chi connectivity index (χ0n) is 4.65. The van der Waals surface area contributed by atoms with Gasteiger partial charge in [0, 0.05) is 4.83 Å². The molecule has 0 aromatic heterocycles. The number of rotatable bonds is 2. The van der Waals surface area contributed by atoms with Gasteiger partial charge in [0.1, 0.15) is 0 Å². The first-order valence-corrected chi connectivity index (χ1v) is 3.32. The summed E-state index contributed by atoms with van der Waals surface area (Å²) < 4.78 is 0. The van der Waals surface area contributed by atoms with E-state index in [4.69, 9.17) is 0 Å². The molecule has 1 nitrogen and oxygen atoms in total. The van der Waals surface area contributed by atoms with Crippen molar-refractivity contribution in [3.63, 3.8) is 0 Å². The maximum atomic E-state index is 10.0. The maximum absolute atomic E-state index is 10.0. The predicted molar refractivity (Wildman–Crippen MR) is 33.1 cm³/mol. The molecular weight excluding hydrogens is 156 g/mol. The Morgan fingerprint density at radius 1 is 1.57 bits per heavy atom. The number of alkyl halides is 1. The van der Waals surface area contributed by atoms with Crippen molar-refractivity contribution in [3.05, 3.63) is 0 Å². The molecule has 43 valence electrons. The van der Waals surface area contributed by atoms with Crippen LogP contribution in [0.3, 0.4) is 0 Å². The summed E-state index contributed by atoms with van der Waals surface area (Å²) in [5.74, 6) is 0.264. The summed E-state index contributed by atoms with van der Waals surface area (Å²) in [6, 6.07) is 0. The zero-order chi connectivity index (χ0) is 5.86. The zero-order valence-corrected chi connectivity index (χ0v) is 6.23. The molecule has 2 atom stereocenters. The largest absolute Gasteiger partial charge is 0.236 e. The molecule has 0 bridgehead atoms. The lowest BCUT2D eigenvalue weighted by atomic mass is 10.1. The molecule has 0 aliphatic rings. The van der Waals surface area contributed by atoms with Crippen molar-refractivity contribution in [3.8, 4) is 0 Å². The van der Waals surface area contributed by atoms with Gasteiger partial charge in [0.2, 0.25) is 0 Å². The minimum atomic E-state index is 0.0203. The van der Waals surface area contributed by atoms with Crippen LogP contribution in [0, 0.1) is 5.92 Å². The van der Waals surface area contributed by atoms with E-state index in [2.05, 4.69) is 15.9 Å². The van der Waals surface area contributed by atoms with Crippen LogP contribution in [0.4, 0.5) is 0 Å². The number of halogens is 1. The van der Waals surface area contributed by atoms with E-state index in [1.807, 2.05) is 13.8 Å². The van der Waals surface area contributed by atoms with E-state index >= 15 is 0 Å². The average molecular weight is 166 g/mol. The lowest BCUT2D eigenvalue weighted by Crippen LogP contribution is -2.09. The highest BCUT2D eigenvalue weighted by atomic mass is 79.9. The Kier molecular flexibility index (Phi) is 3.66. The van der Waals surface area contributed by atoms with Gasteiger partial charge in [-0.05, 0) is 5.92 Å². The summed E-state index contributed by atoms with van der Waals surface area (Å²) >= 11 is 3.30. The molecule has 7 heavy (non-hydrogen) atoms. The monoisotopic (exact) mass is 165 g/mol. The molecule has 0 amide bonds. The Morgan fingerprint density at radius 2 is 2.00 bits per heavy atom. The van der Waals surface area contributed by atoms with E-state index in [0.29, 0.717) is 4.83 Å². The van der Waals surface area contributed by atoms with Crippen LogP contribution in [0.25, 0.3) is 0 Å². The Hall–Kier alpha value is 0.440. The Morgan fingerprint density at radius 3 is 2.00 bits per heavy atom. The van der Waals surface area contributed by atoms with Crippen molar-refractivity contribution >= 4 is 15.9 Å². The summed E-state index contributed by atoms with van der Waals surface area (Å²) in [6.45, 7) is 3.95. The smallest absolute Gasteiger partial charge is 0.0858 e. The maximum Gasteiger partial charge on any atom is 0.0858 e. The third-order valence-electron chi connectivity index (χ3n) is 1.05. The lowest BCUT2D eigenvalue weighted by molar-refractivity contribution is 0.152. The van der Waals surface area contributed by atoms with Crippen LogP contribution in [0.5, 0.6) is 0 Å². The molecule has 0 saturated heterocycles. The molecule has 0 rings (SSSR count). The third-order valence-corrected chi connectivity index (χ3v) is 1.95. The molecule has 0 spiro atoms. The molecule has 0 heterocycles. The Labute approximate surface area is 52.9 Å². The molecule has 0 aromatic carbocycles. The summed E-state index contributed by atoms with van der Waals surface area (Å²) in [5.41, 5.74) is 0. The summed E-state index contributed by atoms with van der Waals surface area (Å²) in [5, 5.41) is 10.0. The standard InChI is InChI=1S/C5H10BrO/c1-4(3-7)5(2)6/h4-5H,3H2,1-2H3. The van der Waals surface area contributed by atoms with E-state index in [0.717, 1.165) is 0 Å². The summed E-state index contributed by atoms with van der Waals surface area (Å²) in [7, 11) is 0. The highest BCUT2D eigenvalue weighted by Gasteiger charge is 2.05. The molecule has 0 aliphatic heterocycles. The highest BCUT2D eigenvalue weighted by molar-refractivity contribution is 9.09. The van der Waals surface area contributed by atoms with Gasteiger partial charge >= 0.3 is 0 Å². The Bertz CT molecular complexity index is 45.3. The van der Waals surface area contributed by atoms with Crippen molar-refractivity contribution in [2.45, 2.75) is 18.7 Å². The SMILES string of the molecule is CC(Br)C(C)C[O]. The third kappa shape index (κ3) is 3.06. The van der Waals surface area contributed by atoms with Crippen molar-refractivity contribution in [2.75, 3.05) is 6.61 Å². The second-order valence-corrected chi connectivity index (χ2v) is 3.27. The lowest BCUT2D eigenvalue weighted by Gasteiger charge is -2.06. The van der Waals surface area contributed by atoms with E-state index in [1.165, 1.54) is 0 Å². The van der Waals surface area contributed by atoms with Crippen LogP contribution in [0.1, 0.15) is 13.8 Å². The topological polar surface area (TPSA) is 19.9 Å². The van der Waals surface area contributed by atoms with E-state index in [1.54, 1.807) is 0 Å². The molecule has 0 N–H and O–H groups in total. The first-order chi connectivity index (χ1) is 3.18. The highest BCUT2D eigenvalue weighted by Crippen LogP contribution is 2.09. The van der Waals surface area contributed by atoms with Gasteiger partial charge in [0.05, 0.1) is 6.61 Å². The van der Waals surface area contributed by atoms with Gasteiger partial charge in [-0.1, -0.05) is 29.8 Å². The van der Waals surface area contributed by atoms with Crippen molar-refractivity contribution in [1.82, 2.24) is 0 Å². The molecule has 1 radical (unpaired) electrons. The molecule has 0 aromatic rings. The van der Waals surface area contributed by atoms with Gasteiger partial charge in [-0.3, -0.25) is 0 Å². The molecule has 0 aliphatic carbocycles. The summed E-state index contributed by atoms with van der Waals surface area (Å²) in [4.78, 5) is 0.366. The number of hydrogen-bond donors (Lipinski definition) is 0. The second kappa shape index (κ2) is 3.44. The first kappa shape index (κ1) is 7.44. The summed E-state index contributed by atoms with van der Waals surface area (Å²) in [6.07, 6.45) is 0. The fourth-order valence-corrected chi connectivity index (χ4v) is 0.285. The van der Waals surface area contributed by atoms with E-state index < -0.39 is 0 Å². The fourth-order valence-electron chi connectivity index (χ4n) is 0.133. The van der Waals surface area contributed by atoms with Gasteiger partial charge in [-0.25, -0.2) is 5.11 Å². The van der Waals surface area contributed by atoms with Gasteiger partial charge in [-0.2, -0.15) is 0 Å². The first-order valence-electron chi connectivity index (χ1n) is 2.40. The quantitative estimate of drug-likeness (QED) is 0.557. The average Bonchev–Trinajstić information content (AvgIpc) is 1.65. The predicted octanol–water partition coefficient (Wildman–Crippen LogP) is 1.84. The molecule has 2 unspecified atom stereocenters. The van der Waals surface area contributed by atoms with Crippen molar-refractivity contribution in [2.24, 2.45) is 5.92 Å². The number of hydrogen-bond acceptors (Lipinski definition) is 0. The van der Waals surface area contributed by atoms with Gasteiger partial charge in [0.25, 0.3) is 0 Å². The van der Waals surface area contributed by atoms with Crippen LogP contribution in [-0.2, 0) is 5.11 Å².